The highest BCUT2D eigenvalue weighted by Gasteiger charge is 2.17. The highest BCUT2D eigenvalue weighted by atomic mass is 16.6. The van der Waals surface area contributed by atoms with E-state index in [1.54, 1.807) is 0 Å². The number of methoxy groups -OCH3 is 2. The summed E-state index contributed by atoms with van der Waals surface area (Å²) >= 11 is 0. The number of carbonyl (C=O) groups is 1. The third kappa shape index (κ3) is 5.41. The molecular formula is C19H27NO4. The average molecular weight is 333 g/mol. The van der Waals surface area contributed by atoms with Gasteiger partial charge in [0.1, 0.15) is 12.2 Å². The molecule has 0 fully saturated rings. The van der Waals surface area contributed by atoms with Gasteiger partial charge in [0, 0.05) is 5.56 Å². The molecule has 0 spiro atoms. The van der Waals surface area contributed by atoms with Crippen molar-refractivity contribution in [1.82, 2.24) is 0 Å². The van der Waals surface area contributed by atoms with E-state index in [0.717, 1.165) is 24.1 Å². The van der Waals surface area contributed by atoms with Crippen LogP contribution in [0.4, 0.5) is 0 Å². The van der Waals surface area contributed by atoms with Gasteiger partial charge in [-0.15, -0.1) is 0 Å². The molecule has 0 bridgehead atoms. The van der Waals surface area contributed by atoms with Crippen molar-refractivity contribution in [2.45, 2.75) is 40.2 Å². The molecule has 0 unspecified atom stereocenters. The van der Waals surface area contributed by atoms with Gasteiger partial charge in [0.05, 0.1) is 26.2 Å². The molecule has 0 atom stereocenters. The monoisotopic (exact) mass is 333 g/mol. The highest BCUT2D eigenvalue weighted by molar-refractivity contribution is 6.16. The zero-order chi connectivity index (χ0) is 17.9. The summed E-state index contributed by atoms with van der Waals surface area (Å²) in [6.07, 6.45) is 3.45. The summed E-state index contributed by atoms with van der Waals surface area (Å²) in [5.41, 5.74) is 2.88. The number of nitrogens with zero attached hydrogens (tertiary/aromatic N) is 1. The SMILES string of the molecule is CCC(CC)/C(C)=N/OCc1ccccc1/C(=C\OC)C(=O)OC. The maximum atomic E-state index is 12.0. The molecule has 0 heterocycles. The van der Waals surface area contributed by atoms with Crippen LogP contribution in [0.1, 0.15) is 44.7 Å². The zero-order valence-corrected chi connectivity index (χ0v) is 15.2. The number of oxime groups is 1. The Bertz CT molecular complexity index is 589. The number of esters is 1. The van der Waals surface area contributed by atoms with Crippen LogP contribution in [0.3, 0.4) is 0 Å². The molecule has 0 radical (unpaired) electrons. The van der Waals surface area contributed by atoms with Crippen LogP contribution < -0.4 is 0 Å². The van der Waals surface area contributed by atoms with Crippen LogP contribution in [0.15, 0.2) is 35.7 Å². The Morgan fingerprint density at radius 1 is 1.21 bits per heavy atom. The summed E-state index contributed by atoms with van der Waals surface area (Å²) in [5.74, 6) is -0.0275. The van der Waals surface area contributed by atoms with Crippen molar-refractivity contribution in [2.75, 3.05) is 14.2 Å². The first kappa shape index (κ1) is 19.7. The van der Waals surface area contributed by atoms with Crippen molar-refractivity contribution in [3.8, 4) is 0 Å². The van der Waals surface area contributed by atoms with Crippen LogP contribution in [0.5, 0.6) is 0 Å². The number of ether oxygens (including phenoxy) is 2. The lowest BCUT2D eigenvalue weighted by Gasteiger charge is -2.13. The summed E-state index contributed by atoms with van der Waals surface area (Å²) in [6, 6.07) is 7.47. The van der Waals surface area contributed by atoms with Crippen LogP contribution in [-0.2, 0) is 25.7 Å². The maximum Gasteiger partial charge on any atom is 0.341 e. The van der Waals surface area contributed by atoms with Gasteiger partial charge < -0.3 is 14.3 Å². The van der Waals surface area contributed by atoms with Crippen molar-refractivity contribution in [2.24, 2.45) is 11.1 Å². The molecule has 1 aromatic carbocycles. The number of hydrogen-bond donors (Lipinski definition) is 0. The molecule has 0 aliphatic carbocycles. The quantitative estimate of drug-likeness (QED) is 0.224. The molecule has 1 rings (SSSR count). The Kier molecular flexibility index (Phi) is 8.61. The first-order valence-corrected chi connectivity index (χ1v) is 8.14. The Morgan fingerprint density at radius 2 is 1.88 bits per heavy atom. The number of carbonyl (C=O) groups excluding carboxylic acids is 1. The van der Waals surface area contributed by atoms with E-state index in [9.17, 15) is 4.79 Å². The molecule has 1 aromatic rings. The predicted molar refractivity (Wildman–Crippen MR) is 95.4 cm³/mol. The minimum Gasteiger partial charge on any atom is -0.503 e. The van der Waals surface area contributed by atoms with Gasteiger partial charge in [0.15, 0.2) is 0 Å². The first-order chi connectivity index (χ1) is 11.6. The van der Waals surface area contributed by atoms with E-state index in [0.29, 0.717) is 17.1 Å². The van der Waals surface area contributed by atoms with Crippen LogP contribution >= 0.6 is 0 Å². The van der Waals surface area contributed by atoms with Crippen molar-refractivity contribution in [3.05, 3.63) is 41.7 Å². The van der Waals surface area contributed by atoms with E-state index < -0.39 is 5.97 Å². The van der Waals surface area contributed by atoms with Gasteiger partial charge in [-0.05, 0) is 31.2 Å². The Labute approximate surface area is 144 Å². The summed E-state index contributed by atoms with van der Waals surface area (Å²) in [5, 5.41) is 4.22. The standard InChI is InChI=1S/C19H27NO4/c1-6-15(7-2)14(3)20-24-12-16-10-8-9-11-17(16)18(13-22-4)19(21)23-5/h8-11,13,15H,6-7,12H2,1-5H3/b18-13+,20-14+. The Balaban J connectivity index is 2.96. The van der Waals surface area contributed by atoms with Crippen molar-refractivity contribution >= 4 is 17.3 Å². The third-order valence-corrected chi connectivity index (χ3v) is 3.95. The largest absolute Gasteiger partial charge is 0.503 e. The van der Waals surface area contributed by atoms with Gasteiger partial charge in [0.25, 0.3) is 0 Å². The summed E-state index contributed by atoms with van der Waals surface area (Å²) in [4.78, 5) is 17.5. The molecule has 24 heavy (non-hydrogen) atoms. The van der Waals surface area contributed by atoms with Gasteiger partial charge >= 0.3 is 5.97 Å². The smallest absolute Gasteiger partial charge is 0.341 e. The minimum atomic E-state index is -0.457. The van der Waals surface area contributed by atoms with Gasteiger partial charge in [-0.25, -0.2) is 4.79 Å². The molecule has 5 nitrogen and oxygen atoms in total. The van der Waals surface area contributed by atoms with E-state index in [2.05, 4.69) is 19.0 Å². The fraction of sp³-hybridized carbons (Fsp3) is 0.474. The molecule has 0 aliphatic rings. The van der Waals surface area contributed by atoms with Gasteiger partial charge in [-0.3, -0.25) is 0 Å². The zero-order valence-electron chi connectivity index (χ0n) is 15.2. The molecule has 0 saturated heterocycles. The van der Waals surface area contributed by atoms with E-state index in [1.165, 1.54) is 20.5 Å². The lowest BCUT2D eigenvalue weighted by Crippen LogP contribution is -2.10. The third-order valence-electron chi connectivity index (χ3n) is 3.95. The highest BCUT2D eigenvalue weighted by Crippen LogP contribution is 2.22. The van der Waals surface area contributed by atoms with Crippen molar-refractivity contribution < 1.29 is 19.1 Å². The summed E-state index contributed by atoms with van der Waals surface area (Å²) in [6.45, 7) is 6.53. The second-order valence-electron chi connectivity index (χ2n) is 5.44. The lowest BCUT2D eigenvalue weighted by atomic mass is 9.99. The van der Waals surface area contributed by atoms with E-state index >= 15 is 0 Å². The fourth-order valence-electron chi connectivity index (χ4n) is 2.52. The fourth-order valence-corrected chi connectivity index (χ4v) is 2.52. The molecule has 0 aromatic heterocycles. The molecule has 0 N–H and O–H groups in total. The van der Waals surface area contributed by atoms with Crippen LogP contribution in [0.2, 0.25) is 0 Å². The molecule has 5 heteroatoms. The molecule has 0 saturated carbocycles. The number of rotatable bonds is 9. The van der Waals surface area contributed by atoms with E-state index in [1.807, 2.05) is 31.2 Å². The molecule has 132 valence electrons. The van der Waals surface area contributed by atoms with Crippen LogP contribution in [0, 0.1) is 5.92 Å². The maximum absolute atomic E-state index is 12.0. The second kappa shape index (κ2) is 10.5. The predicted octanol–water partition coefficient (Wildman–Crippen LogP) is 4.18. The molecule has 0 aliphatic heterocycles. The normalized spacial score (nSPS) is 12.2. The topological polar surface area (TPSA) is 57.1 Å². The number of benzene rings is 1. The molecular weight excluding hydrogens is 306 g/mol. The Hall–Kier alpha value is -2.30. The van der Waals surface area contributed by atoms with E-state index in [4.69, 9.17) is 14.3 Å². The van der Waals surface area contributed by atoms with Crippen LogP contribution in [0.25, 0.3) is 5.57 Å². The Morgan fingerprint density at radius 3 is 2.46 bits per heavy atom. The van der Waals surface area contributed by atoms with Gasteiger partial charge in [0.2, 0.25) is 0 Å². The van der Waals surface area contributed by atoms with E-state index in [-0.39, 0.29) is 6.61 Å². The van der Waals surface area contributed by atoms with Gasteiger partial charge in [-0.1, -0.05) is 43.3 Å². The number of hydrogen-bond acceptors (Lipinski definition) is 5. The lowest BCUT2D eigenvalue weighted by molar-refractivity contribution is -0.133. The minimum absolute atomic E-state index is 0.270. The van der Waals surface area contributed by atoms with Gasteiger partial charge in [-0.2, -0.15) is 0 Å². The van der Waals surface area contributed by atoms with Crippen molar-refractivity contribution in [3.63, 3.8) is 0 Å². The summed E-state index contributed by atoms with van der Waals surface area (Å²) in [7, 11) is 2.83. The average Bonchev–Trinajstić information content (AvgIpc) is 2.60. The van der Waals surface area contributed by atoms with Crippen LogP contribution in [-0.4, -0.2) is 25.9 Å². The van der Waals surface area contributed by atoms with Crippen molar-refractivity contribution in [1.29, 1.82) is 0 Å². The second-order valence-corrected chi connectivity index (χ2v) is 5.44. The first-order valence-electron chi connectivity index (χ1n) is 8.14. The summed E-state index contributed by atoms with van der Waals surface area (Å²) < 4.78 is 9.83. The molecule has 0 amide bonds.